The van der Waals surface area contributed by atoms with Gasteiger partial charge in [0.15, 0.2) is 0 Å². The van der Waals surface area contributed by atoms with Crippen molar-refractivity contribution in [1.29, 1.82) is 0 Å². The first-order valence-electron chi connectivity index (χ1n) is 8.61. The fraction of sp³-hybridized carbons (Fsp3) is 0.350. The van der Waals surface area contributed by atoms with Crippen molar-refractivity contribution in [2.45, 2.75) is 39.2 Å². The lowest BCUT2D eigenvalue weighted by atomic mass is 9.99. The first-order chi connectivity index (χ1) is 12.0. The van der Waals surface area contributed by atoms with Crippen LogP contribution >= 0.6 is 0 Å². The normalized spacial score (nSPS) is 14.8. The van der Waals surface area contributed by atoms with Crippen LogP contribution < -0.4 is 10.6 Å². The van der Waals surface area contributed by atoms with Gasteiger partial charge in [0.1, 0.15) is 5.41 Å². The Balaban J connectivity index is 1.66. The van der Waals surface area contributed by atoms with Crippen LogP contribution in [0.15, 0.2) is 48.7 Å². The van der Waals surface area contributed by atoms with Gasteiger partial charge in [-0.05, 0) is 42.5 Å². The fourth-order valence-electron chi connectivity index (χ4n) is 2.88. The Labute approximate surface area is 147 Å². The minimum absolute atomic E-state index is 0.223. The standard InChI is InChI=1S/C20H23N3O2/c1-14(2)16-8-3-4-9-17(16)23-19(25)20(10-11-20)18(24)22-13-15-7-5-6-12-21-15/h3-9,12,14H,10-11,13H2,1-2H3,(H,22,24)(H,23,25). The Kier molecular flexibility index (Phi) is 4.83. The summed E-state index contributed by atoms with van der Waals surface area (Å²) in [6.45, 7) is 4.49. The van der Waals surface area contributed by atoms with E-state index in [0.29, 0.717) is 25.3 Å². The van der Waals surface area contributed by atoms with E-state index < -0.39 is 5.41 Å². The molecule has 0 bridgehead atoms. The molecule has 2 N–H and O–H groups in total. The van der Waals surface area contributed by atoms with Crippen molar-refractivity contribution in [2.75, 3.05) is 5.32 Å². The number of pyridine rings is 1. The smallest absolute Gasteiger partial charge is 0.240 e. The monoisotopic (exact) mass is 337 g/mol. The number of benzene rings is 1. The fourth-order valence-corrected chi connectivity index (χ4v) is 2.88. The SMILES string of the molecule is CC(C)c1ccccc1NC(=O)C1(C(=O)NCc2ccccn2)CC1. The van der Waals surface area contributed by atoms with Crippen LogP contribution in [0.2, 0.25) is 0 Å². The molecule has 1 saturated carbocycles. The Morgan fingerprint density at radius 3 is 2.44 bits per heavy atom. The highest BCUT2D eigenvalue weighted by Crippen LogP contribution is 2.47. The molecule has 1 aliphatic carbocycles. The van der Waals surface area contributed by atoms with Crippen LogP contribution in [-0.4, -0.2) is 16.8 Å². The molecule has 5 heteroatoms. The van der Waals surface area contributed by atoms with E-state index in [9.17, 15) is 9.59 Å². The molecule has 0 aliphatic heterocycles. The molecule has 0 spiro atoms. The Bertz CT molecular complexity index is 768. The lowest BCUT2D eigenvalue weighted by Crippen LogP contribution is -2.39. The summed E-state index contributed by atoms with van der Waals surface area (Å²) in [6, 6.07) is 13.3. The molecule has 1 aromatic carbocycles. The van der Waals surface area contributed by atoms with Crippen LogP contribution in [0.25, 0.3) is 0 Å². The Morgan fingerprint density at radius 2 is 1.80 bits per heavy atom. The molecule has 0 saturated heterocycles. The van der Waals surface area contributed by atoms with Crippen LogP contribution in [0.1, 0.15) is 43.9 Å². The molecule has 25 heavy (non-hydrogen) atoms. The predicted octanol–water partition coefficient (Wildman–Crippen LogP) is 3.24. The number of aromatic nitrogens is 1. The summed E-state index contributed by atoms with van der Waals surface area (Å²) in [5.41, 5.74) is 1.68. The lowest BCUT2D eigenvalue weighted by Gasteiger charge is -2.18. The van der Waals surface area contributed by atoms with E-state index >= 15 is 0 Å². The second kappa shape index (κ2) is 7.05. The third kappa shape index (κ3) is 3.71. The number of para-hydroxylation sites is 1. The van der Waals surface area contributed by atoms with Crippen molar-refractivity contribution in [3.8, 4) is 0 Å². The summed E-state index contributed by atoms with van der Waals surface area (Å²) < 4.78 is 0. The van der Waals surface area contributed by atoms with Crippen LogP contribution in [-0.2, 0) is 16.1 Å². The highest BCUT2D eigenvalue weighted by molar-refractivity contribution is 6.13. The number of carbonyl (C=O) groups is 2. The topological polar surface area (TPSA) is 71.1 Å². The largest absolute Gasteiger partial charge is 0.350 e. The summed E-state index contributed by atoms with van der Waals surface area (Å²) in [5, 5.41) is 5.80. The third-order valence-corrected chi connectivity index (χ3v) is 4.61. The number of amides is 2. The van der Waals surface area contributed by atoms with Gasteiger partial charge in [-0.15, -0.1) is 0 Å². The number of hydrogen-bond donors (Lipinski definition) is 2. The van der Waals surface area contributed by atoms with Gasteiger partial charge in [-0.3, -0.25) is 14.6 Å². The van der Waals surface area contributed by atoms with Crippen molar-refractivity contribution < 1.29 is 9.59 Å². The van der Waals surface area contributed by atoms with Gasteiger partial charge in [0.25, 0.3) is 0 Å². The van der Waals surface area contributed by atoms with Crippen molar-refractivity contribution >= 4 is 17.5 Å². The molecule has 5 nitrogen and oxygen atoms in total. The zero-order chi connectivity index (χ0) is 17.9. The van der Waals surface area contributed by atoms with Crippen molar-refractivity contribution in [1.82, 2.24) is 10.3 Å². The summed E-state index contributed by atoms with van der Waals surface area (Å²) in [4.78, 5) is 29.5. The van der Waals surface area contributed by atoms with E-state index in [1.807, 2.05) is 42.5 Å². The van der Waals surface area contributed by atoms with Crippen molar-refractivity contribution in [3.05, 3.63) is 59.9 Å². The van der Waals surface area contributed by atoms with E-state index in [0.717, 1.165) is 16.9 Å². The maximum atomic E-state index is 12.7. The summed E-state index contributed by atoms with van der Waals surface area (Å²) >= 11 is 0. The molecule has 1 fully saturated rings. The van der Waals surface area contributed by atoms with Gasteiger partial charge in [0.05, 0.1) is 12.2 Å². The molecule has 1 aromatic heterocycles. The molecular weight excluding hydrogens is 314 g/mol. The van der Waals surface area contributed by atoms with Gasteiger partial charge >= 0.3 is 0 Å². The number of rotatable bonds is 6. The third-order valence-electron chi connectivity index (χ3n) is 4.61. The van der Waals surface area contributed by atoms with E-state index in [1.165, 1.54) is 0 Å². The molecule has 0 radical (unpaired) electrons. The van der Waals surface area contributed by atoms with Gasteiger partial charge < -0.3 is 10.6 Å². The molecule has 1 aliphatic rings. The maximum absolute atomic E-state index is 12.7. The highest BCUT2D eigenvalue weighted by Gasteiger charge is 2.56. The quantitative estimate of drug-likeness (QED) is 0.795. The van der Waals surface area contributed by atoms with Crippen LogP contribution in [0, 0.1) is 5.41 Å². The average molecular weight is 337 g/mol. The summed E-state index contributed by atoms with van der Waals surface area (Å²) in [6.07, 6.45) is 2.84. The molecule has 130 valence electrons. The summed E-state index contributed by atoms with van der Waals surface area (Å²) in [7, 11) is 0. The summed E-state index contributed by atoms with van der Waals surface area (Å²) in [5.74, 6) is -0.151. The molecule has 0 unspecified atom stereocenters. The highest BCUT2D eigenvalue weighted by atomic mass is 16.2. The van der Waals surface area contributed by atoms with Gasteiger partial charge in [0.2, 0.25) is 11.8 Å². The van der Waals surface area contributed by atoms with E-state index in [-0.39, 0.29) is 11.8 Å². The zero-order valence-electron chi connectivity index (χ0n) is 14.6. The molecule has 2 amide bonds. The van der Waals surface area contributed by atoms with E-state index in [1.54, 1.807) is 6.20 Å². The van der Waals surface area contributed by atoms with E-state index in [2.05, 4.69) is 29.5 Å². The lowest BCUT2D eigenvalue weighted by molar-refractivity contribution is -0.134. The Hall–Kier alpha value is -2.69. The van der Waals surface area contributed by atoms with Crippen LogP contribution in [0.5, 0.6) is 0 Å². The second-order valence-corrected chi connectivity index (χ2v) is 6.78. The molecule has 0 atom stereocenters. The predicted molar refractivity (Wildman–Crippen MR) is 96.9 cm³/mol. The van der Waals surface area contributed by atoms with Gasteiger partial charge in [-0.2, -0.15) is 0 Å². The number of nitrogens with one attached hydrogen (secondary N) is 2. The van der Waals surface area contributed by atoms with Gasteiger partial charge in [-0.1, -0.05) is 38.1 Å². The van der Waals surface area contributed by atoms with E-state index in [4.69, 9.17) is 0 Å². The van der Waals surface area contributed by atoms with Crippen molar-refractivity contribution in [2.24, 2.45) is 5.41 Å². The van der Waals surface area contributed by atoms with Crippen LogP contribution in [0.3, 0.4) is 0 Å². The van der Waals surface area contributed by atoms with Crippen LogP contribution in [0.4, 0.5) is 5.69 Å². The van der Waals surface area contributed by atoms with Gasteiger partial charge in [0, 0.05) is 11.9 Å². The van der Waals surface area contributed by atoms with Crippen molar-refractivity contribution in [3.63, 3.8) is 0 Å². The minimum Gasteiger partial charge on any atom is -0.350 e. The molecule has 1 heterocycles. The zero-order valence-corrected chi connectivity index (χ0v) is 14.6. The van der Waals surface area contributed by atoms with Gasteiger partial charge in [-0.25, -0.2) is 0 Å². The number of nitrogens with zero attached hydrogens (tertiary/aromatic N) is 1. The number of carbonyl (C=O) groups excluding carboxylic acids is 2. The maximum Gasteiger partial charge on any atom is 0.240 e. The number of anilines is 1. The molecule has 3 rings (SSSR count). The first-order valence-corrected chi connectivity index (χ1v) is 8.61. The molecule has 2 aromatic rings. The second-order valence-electron chi connectivity index (χ2n) is 6.78. The Morgan fingerprint density at radius 1 is 1.08 bits per heavy atom. The number of hydrogen-bond acceptors (Lipinski definition) is 3. The average Bonchev–Trinajstić information content (AvgIpc) is 3.43. The minimum atomic E-state index is -0.946. The molecular formula is C20H23N3O2. The first kappa shape index (κ1) is 17.1.